The highest BCUT2D eigenvalue weighted by Crippen LogP contribution is 2.40. The number of hydrogen-bond donors (Lipinski definition) is 2. The summed E-state index contributed by atoms with van der Waals surface area (Å²) >= 11 is 0. The molecule has 1 saturated carbocycles. The number of rotatable bonds is 11. The number of carbonyl (C=O) groups excluding carboxylic acids is 2. The molecule has 0 unspecified atom stereocenters. The maximum absolute atomic E-state index is 13.2. The van der Waals surface area contributed by atoms with Crippen LogP contribution in [0.3, 0.4) is 0 Å². The van der Waals surface area contributed by atoms with Crippen molar-refractivity contribution in [1.82, 2.24) is 15.5 Å². The minimum atomic E-state index is -0.572. The number of nitrogens with zero attached hydrogens (tertiary/aromatic N) is 1. The van der Waals surface area contributed by atoms with Gasteiger partial charge in [-0.15, -0.1) is 0 Å². The number of alkyl halides is 1. The molecular formula is C28H35F2N3O2. The van der Waals surface area contributed by atoms with E-state index >= 15 is 0 Å². The van der Waals surface area contributed by atoms with E-state index in [0.717, 1.165) is 58.2 Å². The van der Waals surface area contributed by atoms with Gasteiger partial charge in [-0.25, -0.2) is 8.78 Å². The Labute approximate surface area is 206 Å². The number of halogens is 2. The van der Waals surface area contributed by atoms with E-state index < -0.39 is 12.7 Å². The molecule has 3 atom stereocenters. The molecule has 2 amide bonds. The predicted octanol–water partition coefficient (Wildman–Crippen LogP) is 4.72. The zero-order valence-corrected chi connectivity index (χ0v) is 20.1. The summed E-state index contributed by atoms with van der Waals surface area (Å²) < 4.78 is 25.9. The number of piperidine rings is 1. The van der Waals surface area contributed by atoms with Crippen molar-refractivity contribution in [3.05, 3.63) is 71.0 Å². The van der Waals surface area contributed by atoms with E-state index in [0.29, 0.717) is 29.5 Å². The first kappa shape index (κ1) is 25.3. The van der Waals surface area contributed by atoms with Crippen LogP contribution in [0.1, 0.15) is 72.3 Å². The van der Waals surface area contributed by atoms with Crippen LogP contribution < -0.4 is 10.6 Å². The van der Waals surface area contributed by atoms with Crippen LogP contribution in [0, 0.1) is 5.82 Å². The molecule has 2 fully saturated rings. The summed E-state index contributed by atoms with van der Waals surface area (Å²) in [7, 11) is 0. The molecular weight excluding hydrogens is 448 g/mol. The molecule has 0 aromatic heterocycles. The Balaban J connectivity index is 1.25. The molecule has 1 aliphatic heterocycles. The lowest BCUT2D eigenvalue weighted by atomic mass is 10.0. The maximum atomic E-state index is 13.2. The molecule has 1 heterocycles. The lowest BCUT2D eigenvalue weighted by Gasteiger charge is -2.31. The van der Waals surface area contributed by atoms with E-state index in [1.165, 1.54) is 17.7 Å². The van der Waals surface area contributed by atoms with Crippen LogP contribution in [-0.2, 0) is 11.5 Å². The Bertz CT molecular complexity index is 975. The fourth-order valence-corrected chi connectivity index (χ4v) is 4.84. The molecule has 1 aliphatic carbocycles. The van der Waals surface area contributed by atoms with Gasteiger partial charge in [-0.3, -0.25) is 9.59 Å². The smallest absolute Gasteiger partial charge is 0.251 e. The van der Waals surface area contributed by atoms with Gasteiger partial charge in [-0.05, 0) is 86.9 Å². The van der Waals surface area contributed by atoms with Crippen LogP contribution >= 0.6 is 0 Å². The first-order valence-electron chi connectivity index (χ1n) is 12.8. The topological polar surface area (TPSA) is 61.4 Å². The van der Waals surface area contributed by atoms with Gasteiger partial charge in [0, 0.05) is 30.6 Å². The molecule has 188 valence electrons. The molecule has 7 heteroatoms. The summed E-state index contributed by atoms with van der Waals surface area (Å²) in [6.45, 7) is 1.75. The van der Waals surface area contributed by atoms with Gasteiger partial charge in [0.15, 0.2) is 0 Å². The monoisotopic (exact) mass is 483 g/mol. The third kappa shape index (κ3) is 7.10. The Kier molecular flexibility index (Phi) is 8.85. The predicted molar refractivity (Wildman–Crippen MR) is 132 cm³/mol. The minimum absolute atomic E-state index is 0.00930. The molecule has 0 radical (unpaired) electrons. The molecule has 2 N–H and O–H groups in total. The standard InChI is InChI=1S/C28H35F2N3O2/c29-19-20-7-9-22(10-8-20)27(34)32-25(28(35)33-16-4-1-5-17-33)6-2-3-15-31-26-18-24(26)21-11-13-23(30)14-12-21/h7-14,24-26,31H,1-6,15-19H2,(H,32,34)/t24-,25-,26+/m0/s1. The molecule has 4 rings (SSSR count). The fourth-order valence-electron chi connectivity index (χ4n) is 4.84. The zero-order valence-electron chi connectivity index (χ0n) is 20.1. The number of amides is 2. The number of carbonyl (C=O) groups is 2. The van der Waals surface area contributed by atoms with E-state index in [9.17, 15) is 18.4 Å². The van der Waals surface area contributed by atoms with E-state index in [-0.39, 0.29) is 17.6 Å². The minimum Gasteiger partial charge on any atom is -0.341 e. The Morgan fingerprint density at radius 1 is 0.971 bits per heavy atom. The normalized spacial score (nSPS) is 20.3. The third-order valence-corrected chi connectivity index (χ3v) is 7.06. The molecule has 2 aromatic carbocycles. The lowest BCUT2D eigenvalue weighted by Crippen LogP contribution is -2.50. The largest absolute Gasteiger partial charge is 0.341 e. The van der Waals surface area contributed by atoms with Crippen LogP contribution in [0.25, 0.3) is 0 Å². The summed E-state index contributed by atoms with van der Waals surface area (Å²) in [5, 5.41) is 6.49. The van der Waals surface area contributed by atoms with Crippen LogP contribution in [0.2, 0.25) is 0 Å². The van der Waals surface area contributed by atoms with Gasteiger partial charge >= 0.3 is 0 Å². The highest BCUT2D eigenvalue weighted by molar-refractivity contribution is 5.97. The number of hydrogen-bond acceptors (Lipinski definition) is 3. The first-order chi connectivity index (χ1) is 17.0. The van der Waals surface area contributed by atoms with Gasteiger partial charge in [-0.1, -0.05) is 24.3 Å². The van der Waals surface area contributed by atoms with Crippen LogP contribution in [0.5, 0.6) is 0 Å². The van der Waals surface area contributed by atoms with Gasteiger partial charge < -0.3 is 15.5 Å². The van der Waals surface area contributed by atoms with Crippen molar-refractivity contribution in [1.29, 1.82) is 0 Å². The molecule has 35 heavy (non-hydrogen) atoms. The van der Waals surface area contributed by atoms with E-state index in [1.807, 2.05) is 17.0 Å². The van der Waals surface area contributed by atoms with Crippen LogP contribution in [0.15, 0.2) is 48.5 Å². The number of likely N-dealkylation sites (tertiary alicyclic amines) is 1. The van der Waals surface area contributed by atoms with Crippen molar-refractivity contribution < 1.29 is 18.4 Å². The summed E-state index contributed by atoms with van der Waals surface area (Å²) in [5.74, 6) is -0.0857. The van der Waals surface area contributed by atoms with Crippen LogP contribution in [0.4, 0.5) is 8.78 Å². The van der Waals surface area contributed by atoms with Crippen molar-refractivity contribution in [2.24, 2.45) is 0 Å². The van der Waals surface area contributed by atoms with Crippen molar-refractivity contribution in [2.75, 3.05) is 19.6 Å². The maximum Gasteiger partial charge on any atom is 0.251 e. The molecule has 0 spiro atoms. The summed E-state index contributed by atoms with van der Waals surface area (Å²) in [6.07, 6.45) is 6.48. The highest BCUT2D eigenvalue weighted by atomic mass is 19.1. The molecule has 5 nitrogen and oxygen atoms in total. The molecule has 1 saturated heterocycles. The molecule has 2 aliphatic rings. The van der Waals surface area contributed by atoms with Crippen LogP contribution in [-0.4, -0.2) is 48.4 Å². The van der Waals surface area contributed by atoms with Gasteiger partial charge in [0.25, 0.3) is 5.91 Å². The zero-order chi connectivity index (χ0) is 24.6. The quantitative estimate of drug-likeness (QED) is 0.455. The van der Waals surface area contributed by atoms with Crippen molar-refractivity contribution >= 4 is 11.8 Å². The summed E-state index contributed by atoms with van der Waals surface area (Å²) in [5.41, 5.74) is 2.12. The van der Waals surface area contributed by atoms with Gasteiger partial charge in [0.2, 0.25) is 5.91 Å². The lowest BCUT2D eigenvalue weighted by molar-refractivity contribution is -0.134. The second-order valence-corrected chi connectivity index (χ2v) is 9.69. The van der Waals surface area contributed by atoms with Crippen molar-refractivity contribution in [3.63, 3.8) is 0 Å². The third-order valence-electron chi connectivity index (χ3n) is 7.06. The highest BCUT2D eigenvalue weighted by Gasteiger charge is 2.37. The second-order valence-electron chi connectivity index (χ2n) is 9.69. The van der Waals surface area contributed by atoms with Gasteiger partial charge in [-0.2, -0.15) is 0 Å². The second kappa shape index (κ2) is 12.2. The first-order valence-corrected chi connectivity index (χ1v) is 12.8. The van der Waals surface area contributed by atoms with E-state index in [1.54, 1.807) is 24.3 Å². The van der Waals surface area contributed by atoms with Crippen molar-refractivity contribution in [3.8, 4) is 0 Å². The number of nitrogens with one attached hydrogen (secondary N) is 2. The number of benzene rings is 2. The number of unbranched alkanes of at least 4 members (excludes halogenated alkanes) is 1. The average molecular weight is 484 g/mol. The Morgan fingerprint density at radius 3 is 2.37 bits per heavy atom. The van der Waals surface area contributed by atoms with Gasteiger partial charge in [0.1, 0.15) is 18.5 Å². The SMILES string of the molecule is O=C(N[C@@H](CCCCN[C@@H]1C[C@H]1c1ccc(F)cc1)C(=O)N1CCCCC1)c1ccc(CF)cc1. The fraction of sp³-hybridized carbons (Fsp3) is 0.500. The summed E-state index contributed by atoms with van der Waals surface area (Å²) in [6, 6.07) is 13.0. The Morgan fingerprint density at radius 2 is 1.69 bits per heavy atom. The van der Waals surface area contributed by atoms with E-state index in [4.69, 9.17) is 0 Å². The van der Waals surface area contributed by atoms with Crippen molar-refractivity contribution in [2.45, 2.75) is 69.6 Å². The van der Waals surface area contributed by atoms with E-state index in [2.05, 4.69) is 10.6 Å². The Hall–Kier alpha value is -2.80. The summed E-state index contributed by atoms with van der Waals surface area (Å²) in [4.78, 5) is 27.9. The van der Waals surface area contributed by atoms with Gasteiger partial charge in [0.05, 0.1) is 0 Å². The average Bonchev–Trinajstić information content (AvgIpc) is 3.67. The molecule has 2 aromatic rings. The molecule has 0 bridgehead atoms.